The van der Waals surface area contributed by atoms with Crippen molar-refractivity contribution in [3.8, 4) is 0 Å². The molecule has 0 aliphatic heterocycles. The van der Waals surface area contributed by atoms with Gasteiger partial charge in [-0.1, -0.05) is 27.5 Å². The summed E-state index contributed by atoms with van der Waals surface area (Å²) in [6.07, 6.45) is 0. The van der Waals surface area contributed by atoms with Gasteiger partial charge in [0.05, 0.1) is 5.45 Å². The summed E-state index contributed by atoms with van der Waals surface area (Å²) in [5.41, 5.74) is 0.370. The number of alkyl halides is 2. The van der Waals surface area contributed by atoms with Gasteiger partial charge in [0.2, 0.25) is 0 Å². The summed E-state index contributed by atoms with van der Waals surface area (Å²) in [5, 5.41) is 2.41. The van der Waals surface area contributed by atoms with Crippen LogP contribution in [-0.4, -0.2) is 19.0 Å². The first-order valence-electron chi connectivity index (χ1n) is 1.70. The normalized spacial score (nSPS) is 17.9. The Hall–Kier alpha value is 0.840. The van der Waals surface area contributed by atoms with E-state index in [1.165, 1.54) is 0 Å². The fraction of sp³-hybridized carbons (Fsp3) is 1.00. The third-order valence-corrected chi connectivity index (χ3v) is 1.83. The number of nitrogens with one attached hydrogen (secondary N) is 1. The van der Waals surface area contributed by atoms with Crippen LogP contribution in [0.2, 0.25) is 0 Å². The van der Waals surface area contributed by atoms with Gasteiger partial charge >= 0.3 is 0 Å². The molecule has 0 aromatic heterocycles. The van der Waals surface area contributed by atoms with Crippen LogP contribution in [0.15, 0.2) is 0 Å². The minimum Gasteiger partial charge on any atom is -0.770 e. The van der Waals surface area contributed by atoms with E-state index in [1.54, 1.807) is 0 Å². The molecule has 0 aliphatic rings. The highest BCUT2D eigenvalue weighted by Crippen LogP contribution is 1.94. The van der Waals surface area contributed by atoms with Gasteiger partial charge in [-0.05, 0) is 11.1 Å². The maximum atomic E-state index is 9.87. The van der Waals surface area contributed by atoms with Crippen molar-refractivity contribution in [1.29, 1.82) is 0 Å². The van der Waals surface area contributed by atoms with Gasteiger partial charge in [0, 0.05) is 0 Å². The summed E-state index contributed by atoms with van der Waals surface area (Å²) < 4.78 is 19.7. The number of hydrogen-bond acceptors (Lipinski definition) is 3. The highest BCUT2D eigenvalue weighted by Gasteiger charge is 1.98. The van der Waals surface area contributed by atoms with Crippen LogP contribution in [0.5, 0.6) is 0 Å². The molecule has 0 saturated heterocycles. The molecule has 0 heterocycles. The Bertz CT molecular complexity index is 92.1. The topological polar surface area (TPSA) is 52.2 Å². The molecule has 0 aromatic carbocycles. The standard InChI is InChI=1S/C2H5BrClNO2S/c3-1-5-2(4)8(6)7/h2,5H,1H2,(H,6,7)/p-1. The van der Waals surface area contributed by atoms with Crippen LogP contribution in [-0.2, 0) is 11.1 Å². The summed E-state index contributed by atoms with van der Waals surface area (Å²) in [6.45, 7) is 0. The molecule has 0 rings (SSSR count). The zero-order valence-corrected chi connectivity index (χ0v) is 6.92. The van der Waals surface area contributed by atoms with Crippen LogP contribution in [0.3, 0.4) is 0 Å². The van der Waals surface area contributed by atoms with Crippen LogP contribution in [0.25, 0.3) is 0 Å². The second-order valence-electron chi connectivity index (χ2n) is 0.914. The summed E-state index contributed by atoms with van der Waals surface area (Å²) in [7, 11) is 0. The molecule has 0 aromatic rings. The van der Waals surface area contributed by atoms with E-state index in [1.807, 2.05) is 0 Å². The maximum absolute atomic E-state index is 9.87. The molecule has 1 N–H and O–H groups in total. The summed E-state index contributed by atoms with van der Waals surface area (Å²) in [5.74, 6) is 0. The van der Waals surface area contributed by atoms with Crippen LogP contribution in [0.4, 0.5) is 0 Å². The molecule has 0 aliphatic carbocycles. The van der Waals surface area contributed by atoms with Gasteiger partial charge in [-0.2, -0.15) is 0 Å². The first kappa shape index (κ1) is 8.84. The highest BCUT2D eigenvalue weighted by molar-refractivity contribution is 9.09. The lowest BCUT2D eigenvalue weighted by Crippen LogP contribution is -2.26. The van der Waals surface area contributed by atoms with Crippen LogP contribution in [0, 0.1) is 0 Å². The van der Waals surface area contributed by atoms with Crippen molar-refractivity contribution < 1.29 is 8.76 Å². The smallest absolute Gasteiger partial charge is 0.146 e. The molecule has 50 valence electrons. The van der Waals surface area contributed by atoms with E-state index >= 15 is 0 Å². The van der Waals surface area contributed by atoms with Crippen molar-refractivity contribution in [1.82, 2.24) is 5.32 Å². The molecule has 0 amide bonds. The Morgan fingerprint density at radius 1 is 2.00 bits per heavy atom. The number of halogens is 2. The molecule has 2 unspecified atom stereocenters. The van der Waals surface area contributed by atoms with Crippen LogP contribution >= 0.6 is 27.5 Å². The lowest BCUT2D eigenvalue weighted by atomic mass is 11.2. The second kappa shape index (κ2) is 4.69. The Morgan fingerprint density at radius 3 is 2.62 bits per heavy atom. The van der Waals surface area contributed by atoms with E-state index in [9.17, 15) is 8.76 Å². The average Bonchev–Trinajstić information content (AvgIpc) is 1.67. The number of hydrogen-bond donors (Lipinski definition) is 1. The van der Waals surface area contributed by atoms with Crippen molar-refractivity contribution in [3.63, 3.8) is 0 Å². The van der Waals surface area contributed by atoms with Crippen molar-refractivity contribution >= 4 is 38.6 Å². The van der Waals surface area contributed by atoms with Gasteiger partial charge in [-0.15, -0.1) is 0 Å². The Balaban J connectivity index is 3.32. The molecule has 0 bridgehead atoms. The fourth-order valence-electron chi connectivity index (χ4n) is 0.129. The minimum absolute atomic E-state index is 0.370. The Morgan fingerprint density at radius 2 is 2.50 bits per heavy atom. The lowest BCUT2D eigenvalue weighted by molar-refractivity contribution is 0.528. The molecule has 2 atom stereocenters. The predicted octanol–water partition coefficient (Wildman–Crippen LogP) is 0.330. The van der Waals surface area contributed by atoms with Crippen LogP contribution in [0.1, 0.15) is 0 Å². The van der Waals surface area contributed by atoms with E-state index in [4.69, 9.17) is 11.6 Å². The predicted molar refractivity (Wildman–Crippen MR) is 35.5 cm³/mol. The first-order chi connectivity index (χ1) is 3.68. The van der Waals surface area contributed by atoms with Gasteiger partial charge in [0.1, 0.15) is 4.83 Å². The first-order valence-corrected chi connectivity index (χ1v) is 4.39. The molecular formula is C2H4BrClNO2S-. The van der Waals surface area contributed by atoms with Gasteiger partial charge in [-0.25, -0.2) is 0 Å². The van der Waals surface area contributed by atoms with E-state index in [0.717, 1.165) is 0 Å². The van der Waals surface area contributed by atoms with Crippen molar-refractivity contribution in [2.45, 2.75) is 4.83 Å². The quantitative estimate of drug-likeness (QED) is 0.424. The molecule has 8 heavy (non-hydrogen) atoms. The van der Waals surface area contributed by atoms with Crippen molar-refractivity contribution in [3.05, 3.63) is 0 Å². The summed E-state index contributed by atoms with van der Waals surface area (Å²) >= 11 is 5.88. The zero-order valence-electron chi connectivity index (χ0n) is 3.77. The number of rotatable bonds is 3. The molecule has 0 fully saturated rings. The maximum Gasteiger partial charge on any atom is 0.146 e. The molecule has 3 nitrogen and oxygen atoms in total. The van der Waals surface area contributed by atoms with Gasteiger partial charge in [0.15, 0.2) is 0 Å². The van der Waals surface area contributed by atoms with E-state index in [2.05, 4.69) is 21.2 Å². The van der Waals surface area contributed by atoms with Gasteiger partial charge in [-0.3, -0.25) is 9.53 Å². The summed E-state index contributed by atoms with van der Waals surface area (Å²) in [4.78, 5) is -0.991. The molecule has 0 spiro atoms. The minimum atomic E-state index is -2.24. The molecule has 0 radical (unpaired) electrons. The monoisotopic (exact) mass is 220 g/mol. The Labute approximate surface area is 63.2 Å². The SMILES string of the molecule is O=S([O-])C(Cl)NCBr. The highest BCUT2D eigenvalue weighted by atomic mass is 79.9. The van der Waals surface area contributed by atoms with Crippen molar-refractivity contribution in [2.24, 2.45) is 0 Å². The third-order valence-electron chi connectivity index (χ3n) is 0.407. The van der Waals surface area contributed by atoms with E-state index < -0.39 is 15.9 Å². The molecule has 0 saturated carbocycles. The second-order valence-corrected chi connectivity index (χ2v) is 3.16. The van der Waals surface area contributed by atoms with Gasteiger partial charge < -0.3 is 4.55 Å². The average molecular weight is 221 g/mol. The third kappa shape index (κ3) is 3.80. The van der Waals surface area contributed by atoms with Crippen LogP contribution < -0.4 is 5.32 Å². The van der Waals surface area contributed by atoms with E-state index in [0.29, 0.717) is 5.45 Å². The Kier molecular flexibility index (Phi) is 5.19. The lowest BCUT2D eigenvalue weighted by Gasteiger charge is -2.11. The van der Waals surface area contributed by atoms with E-state index in [-0.39, 0.29) is 0 Å². The largest absolute Gasteiger partial charge is 0.770 e. The molecule has 6 heteroatoms. The van der Waals surface area contributed by atoms with Gasteiger partial charge in [0.25, 0.3) is 0 Å². The zero-order chi connectivity index (χ0) is 6.57. The van der Waals surface area contributed by atoms with Crippen molar-refractivity contribution in [2.75, 3.05) is 5.45 Å². The molecular weight excluding hydrogens is 217 g/mol. The summed E-state index contributed by atoms with van der Waals surface area (Å²) in [6, 6.07) is 0. The fourth-order valence-corrected chi connectivity index (χ4v) is 1.15.